The maximum atomic E-state index is 13.2. The van der Waals surface area contributed by atoms with E-state index in [0.29, 0.717) is 17.0 Å². The van der Waals surface area contributed by atoms with Crippen LogP contribution in [0.1, 0.15) is 16.7 Å². The van der Waals surface area contributed by atoms with Gasteiger partial charge in [0.25, 0.3) is 5.91 Å². The van der Waals surface area contributed by atoms with E-state index in [4.69, 9.17) is 4.74 Å². The Balaban J connectivity index is 1.75. The van der Waals surface area contributed by atoms with Gasteiger partial charge in [-0.25, -0.2) is 0 Å². The fourth-order valence-corrected chi connectivity index (χ4v) is 3.23. The molecule has 2 amide bonds. The molecule has 0 atom stereocenters. The highest BCUT2D eigenvalue weighted by molar-refractivity contribution is 6.29. The minimum absolute atomic E-state index is 0.105. The number of rotatable bonds is 9. The zero-order valence-electron chi connectivity index (χ0n) is 19.0. The number of amides is 2. The van der Waals surface area contributed by atoms with Crippen molar-refractivity contribution in [3.8, 4) is 5.75 Å². The molecule has 0 bridgehead atoms. The van der Waals surface area contributed by atoms with Crippen LogP contribution in [-0.2, 0) is 25.5 Å². The highest BCUT2D eigenvalue weighted by Crippen LogP contribution is 2.26. The van der Waals surface area contributed by atoms with Crippen molar-refractivity contribution in [1.82, 2.24) is 5.32 Å². The highest BCUT2D eigenvalue weighted by Gasteiger charge is 2.14. The normalized spacial score (nSPS) is 10.8. The van der Waals surface area contributed by atoms with Gasteiger partial charge in [0.15, 0.2) is 0 Å². The van der Waals surface area contributed by atoms with Crippen LogP contribution in [0.3, 0.4) is 0 Å². The van der Waals surface area contributed by atoms with Gasteiger partial charge in [0.2, 0.25) is 5.91 Å². The summed E-state index contributed by atoms with van der Waals surface area (Å²) in [5.41, 5.74) is 3.37. The van der Waals surface area contributed by atoms with Crippen molar-refractivity contribution < 1.29 is 23.9 Å². The van der Waals surface area contributed by atoms with Crippen LogP contribution in [0, 0.1) is 0 Å². The quantitative estimate of drug-likeness (QED) is 0.290. The predicted molar refractivity (Wildman–Crippen MR) is 131 cm³/mol. The van der Waals surface area contributed by atoms with Gasteiger partial charge in [-0.1, -0.05) is 60.7 Å². The van der Waals surface area contributed by atoms with Crippen molar-refractivity contribution in [3.63, 3.8) is 0 Å². The SMILES string of the molecule is COC(=O)CNC(=O)Cc1ccc(NC(=O)C(=Cc2ccccc2OC)c2ccccc2)cc1. The van der Waals surface area contributed by atoms with Crippen LogP contribution >= 0.6 is 0 Å². The Hall–Kier alpha value is -4.39. The van der Waals surface area contributed by atoms with Crippen molar-refractivity contribution >= 4 is 35.1 Å². The van der Waals surface area contributed by atoms with E-state index in [9.17, 15) is 14.4 Å². The summed E-state index contributed by atoms with van der Waals surface area (Å²) in [7, 11) is 2.85. The largest absolute Gasteiger partial charge is 0.496 e. The van der Waals surface area contributed by atoms with E-state index in [2.05, 4.69) is 15.4 Å². The molecule has 0 heterocycles. The molecule has 0 fully saturated rings. The third-order valence-corrected chi connectivity index (χ3v) is 5.00. The summed E-state index contributed by atoms with van der Waals surface area (Å²) < 4.78 is 9.93. The zero-order valence-corrected chi connectivity index (χ0v) is 19.0. The van der Waals surface area contributed by atoms with Gasteiger partial charge in [0, 0.05) is 16.8 Å². The van der Waals surface area contributed by atoms with Crippen LogP contribution in [0.25, 0.3) is 11.6 Å². The van der Waals surface area contributed by atoms with Crippen molar-refractivity contribution in [1.29, 1.82) is 0 Å². The molecular weight excluding hydrogens is 432 g/mol. The van der Waals surface area contributed by atoms with Crippen LogP contribution in [0.5, 0.6) is 5.75 Å². The summed E-state index contributed by atoms with van der Waals surface area (Å²) in [5.74, 6) is -0.422. The van der Waals surface area contributed by atoms with Crippen molar-refractivity contribution in [2.24, 2.45) is 0 Å². The van der Waals surface area contributed by atoms with E-state index in [1.54, 1.807) is 37.5 Å². The number of nitrogens with one attached hydrogen (secondary N) is 2. The molecule has 0 unspecified atom stereocenters. The Labute approximate surface area is 198 Å². The maximum absolute atomic E-state index is 13.2. The zero-order chi connectivity index (χ0) is 24.3. The van der Waals surface area contributed by atoms with Crippen molar-refractivity contribution in [2.45, 2.75) is 6.42 Å². The smallest absolute Gasteiger partial charge is 0.325 e. The Bertz CT molecular complexity index is 1170. The molecule has 3 rings (SSSR count). The molecule has 2 N–H and O–H groups in total. The standard InChI is InChI=1S/C27H26N2O5/c1-33-24-11-7-6-10-21(24)17-23(20-8-4-3-5-9-20)27(32)29-22-14-12-19(13-15-22)16-25(30)28-18-26(31)34-2/h3-15,17H,16,18H2,1-2H3,(H,28,30)(H,29,32). The lowest BCUT2D eigenvalue weighted by Crippen LogP contribution is -2.31. The number of carbonyl (C=O) groups excluding carboxylic acids is 3. The number of methoxy groups -OCH3 is 2. The molecule has 0 aliphatic rings. The van der Waals surface area contributed by atoms with Crippen LogP contribution in [0.15, 0.2) is 78.9 Å². The summed E-state index contributed by atoms with van der Waals surface area (Å²) in [6.45, 7) is -0.176. The van der Waals surface area contributed by atoms with Gasteiger partial charge in [-0.15, -0.1) is 0 Å². The molecule has 0 spiro atoms. The second-order valence-corrected chi connectivity index (χ2v) is 7.35. The van der Waals surface area contributed by atoms with E-state index in [-0.39, 0.29) is 24.8 Å². The van der Waals surface area contributed by atoms with Crippen LogP contribution < -0.4 is 15.4 Å². The lowest BCUT2D eigenvalue weighted by atomic mass is 10.0. The number of para-hydroxylation sites is 1. The first-order chi connectivity index (χ1) is 16.5. The van der Waals surface area contributed by atoms with E-state index in [1.807, 2.05) is 54.6 Å². The molecule has 7 nitrogen and oxygen atoms in total. The molecule has 0 aliphatic carbocycles. The molecule has 0 aromatic heterocycles. The fourth-order valence-electron chi connectivity index (χ4n) is 3.23. The first-order valence-corrected chi connectivity index (χ1v) is 10.6. The van der Waals surface area contributed by atoms with E-state index >= 15 is 0 Å². The molecule has 34 heavy (non-hydrogen) atoms. The Morgan fingerprint density at radius 2 is 1.53 bits per heavy atom. The molecule has 3 aromatic rings. The lowest BCUT2D eigenvalue weighted by molar-refractivity contribution is -0.141. The average Bonchev–Trinajstić information content (AvgIpc) is 2.87. The molecule has 0 saturated carbocycles. The summed E-state index contributed by atoms with van der Waals surface area (Å²) >= 11 is 0. The van der Waals surface area contributed by atoms with Crippen LogP contribution in [0.2, 0.25) is 0 Å². The van der Waals surface area contributed by atoms with Gasteiger partial charge < -0.3 is 20.1 Å². The lowest BCUT2D eigenvalue weighted by Gasteiger charge is -2.12. The second kappa shape index (κ2) is 12.0. The first-order valence-electron chi connectivity index (χ1n) is 10.6. The second-order valence-electron chi connectivity index (χ2n) is 7.35. The fraction of sp³-hybridized carbons (Fsp3) is 0.148. The van der Waals surface area contributed by atoms with Crippen LogP contribution in [-0.4, -0.2) is 38.5 Å². The Morgan fingerprint density at radius 1 is 0.853 bits per heavy atom. The third kappa shape index (κ3) is 6.80. The number of carbonyl (C=O) groups is 3. The van der Waals surface area contributed by atoms with Gasteiger partial charge in [-0.3, -0.25) is 14.4 Å². The molecule has 0 aliphatic heterocycles. The minimum atomic E-state index is -0.512. The van der Waals surface area contributed by atoms with E-state index in [0.717, 1.165) is 16.7 Å². The van der Waals surface area contributed by atoms with E-state index in [1.165, 1.54) is 7.11 Å². The molecule has 0 saturated heterocycles. The number of hydrogen-bond acceptors (Lipinski definition) is 5. The van der Waals surface area contributed by atoms with Crippen molar-refractivity contribution in [2.75, 3.05) is 26.1 Å². The Kier molecular flexibility index (Phi) is 8.57. The third-order valence-electron chi connectivity index (χ3n) is 5.00. The van der Waals surface area contributed by atoms with Crippen molar-refractivity contribution in [3.05, 3.63) is 95.6 Å². The monoisotopic (exact) mass is 458 g/mol. The average molecular weight is 459 g/mol. The summed E-state index contributed by atoms with van der Waals surface area (Å²) in [6.07, 6.45) is 1.90. The predicted octanol–water partition coefficient (Wildman–Crippen LogP) is 3.71. The molecule has 174 valence electrons. The Morgan fingerprint density at radius 3 is 2.21 bits per heavy atom. The maximum Gasteiger partial charge on any atom is 0.325 e. The first kappa shape index (κ1) is 24.3. The van der Waals surface area contributed by atoms with E-state index < -0.39 is 5.97 Å². The van der Waals surface area contributed by atoms with Gasteiger partial charge in [-0.2, -0.15) is 0 Å². The number of benzene rings is 3. The molecule has 0 radical (unpaired) electrons. The number of ether oxygens (including phenoxy) is 2. The number of anilines is 1. The topological polar surface area (TPSA) is 93.7 Å². The highest BCUT2D eigenvalue weighted by atomic mass is 16.5. The number of hydrogen-bond donors (Lipinski definition) is 2. The minimum Gasteiger partial charge on any atom is -0.496 e. The van der Waals surface area contributed by atoms with Gasteiger partial charge in [0.1, 0.15) is 12.3 Å². The number of esters is 1. The van der Waals surface area contributed by atoms with Crippen LogP contribution in [0.4, 0.5) is 5.69 Å². The summed E-state index contributed by atoms with van der Waals surface area (Å²) in [6, 6.07) is 23.8. The van der Waals surface area contributed by atoms with Gasteiger partial charge in [-0.05, 0) is 35.4 Å². The molecule has 3 aromatic carbocycles. The summed E-state index contributed by atoms with van der Waals surface area (Å²) in [5, 5.41) is 5.41. The molecular formula is C27H26N2O5. The van der Waals surface area contributed by atoms with Gasteiger partial charge in [0.05, 0.1) is 20.6 Å². The summed E-state index contributed by atoms with van der Waals surface area (Å²) in [4.78, 5) is 36.3. The van der Waals surface area contributed by atoms with Gasteiger partial charge >= 0.3 is 5.97 Å². The molecule has 7 heteroatoms.